The minimum absolute atomic E-state index is 0.168. The number of benzene rings is 1. The van der Waals surface area contributed by atoms with E-state index >= 15 is 0 Å². The van der Waals surface area contributed by atoms with Crippen LogP contribution in [-0.4, -0.2) is 29.4 Å². The van der Waals surface area contributed by atoms with Gasteiger partial charge in [0, 0.05) is 17.0 Å². The summed E-state index contributed by atoms with van der Waals surface area (Å²) in [5.41, 5.74) is 3.48. The van der Waals surface area contributed by atoms with Crippen LogP contribution in [0.25, 0.3) is 0 Å². The van der Waals surface area contributed by atoms with Gasteiger partial charge in [-0.15, -0.1) is 11.8 Å². The summed E-state index contributed by atoms with van der Waals surface area (Å²) in [5, 5.41) is 6.58. The molecule has 2 aromatic rings. The van der Waals surface area contributed by atoms with Gasteiger partial charge in [0.05, 0.1) is 11.4 Å². The molecule has 1 aromatic heterocycles. The summed E-state index contributed by atoms with van der Waals surface area (Å²) in [7, 11) is 0. The summed E-state index contributed by atoms with van der Waals surface area (Å²) in [6, 6.07) is 7.42. The Morgan fingerprint density at radius 3 is 2.67 bits per heavy atom. The van der Waals surface area contributed by atoms with E-state index in [1.54, 1.807) is 6.07 Å². The third kappa shape index (κ3) is 5.13. The fraction of sp³-hybridized carbons (Fsp3) is 0.353. The molecule has 2 rings (SSSR count). The van der Waals surface area contributed by atoms with Crippen molar-refractivity contribution >= 4 is 29.3 Å². The van der Waals surface area contributed by atoms with E-state index in [1.807, 2.05) is 39.0 Å². The lowest BCUT2D eigenvalue weighted by atomic mass is 10.2. The summed E-state index contributed by atoms with van der Waals surface area (Å²) in [4.78, 5) is 23.5. The third-order valence-electron chi connectivity index (χ3n) is 3.43. The normalized spacial score (nSPS) is 10.5. The highest BCUT2D eigenvalue weighted by molar-refractivity contribution is 7.99. The highest BCUT2D eigenvalue weighted by Gasteiger charge is 2.12. The van der Waals surface area contributed by atoms with E-state index in [0.717, 1.165) is 22.6 Å². The van der Waals surface area contributed by atoms with E-state index in [9.17, 15) is 9.59 Å². The summed E-state index contributed by atoms with van der Waals surface area (Å²) in [6.07, 6.45) is 0. The van der Waals surface area contributed by atoms with Crippen LogP contribution in [0.5, 0.6) is 0 Å². The van der Waals surface area contributed by atoms with E-state index in [-0.39, 0.29) is 18.3 Å². The second-order valence-electron chi connectivity index (χ2n) is 5.32. The maximum atomic E-state index is 11.8. The lowest BCUT2D eigenvalue weighted by Crippen LogP contribution is -2.22. The highest BCUT2D eigenvalue weighted by Crippen LogP contribution is 2.19. The quantitative estimate of drug-likeness (QED) is 0.775. The van der Waals surface area contributed by atoms with Crippen LogP contribution in [0, 0.1) is 20.8 Å². The zero-order valence-corrected chi connectivity index (χ0v) is 14.7. The van der Waals surface area contributed by atoms with E-state index in [1.165, 1.54) is 11.8 Å². The Kier molecular flexibility index (Phi) is 6.43. The standard InChI is InChI=1S/C17H20N2O4S/c1-11-6-4-5-7-15(11)18-16(20)8-22-17(21)10-24-9-14-12(2)19-23-13(14)3/h4-7H,8-10H2,1-3H3,(H,18,20). The Balaban J connectivity index is 1.69. The third-order valence-corrected chi connectivity index (χ3v) is 4.36. The largest absolute Gasteiger partial charge is 0.455 e. The lowest BCUT2D eigenvalue weighted by molar-refractivity contribution is -0.144. The Morgan fingerprint density at radius 2 is 2.00 bits per heavy atom. The van der Waals surface area contributed by atoms with Crippen molar-refractivity contribution < 1.29 is 18.8 Å². The van der Waals surface area contributed by atoms with Gasteiger partial charge in [0.1, 0.15) is 5.76 Å². The number of para-hydroxylation sites is 1. The van der Waals surface area contributed by atoms with Crippen LogP contribution >= 0.6 is 11.8 Å². The number of esters is 1. The number of amides is 1. The van der Waals surface area contributed by atoms with Gasteiger partial charge in [-0.1, -0.05) is 23.4 Å². The number of hydrogen-bond acceptors (Lipinski definition) is 6. The molecular weight excluding hydrogens is 328 g/mol. The molecule has 1 N–H and O–H groups in total. The topological polar surface area (TPSA) is 81.4 Å². The fourth-order valence-electron chi connectivity index (χ4n) is 2.03. The SMILES string of the molecule is Cc1ccccc1NC(=O)COC(=O)CSCc1c(C)noc1C. The highest BCUT2D eigenvalue weighted by atomic mass is 32.2. The summed E-state index contributed by atoms with van der Waals surface area (Å²) < 4.78 is 10.1. The number of carbonyl (C=O) groups excluding carboxylic acids is 2. The van der Waals surface area contributed by atoms with Gasteiger partial charge >= 0.3 is 5.97 Å². The van der Waals surface area contributed by atoms with E-state index < -0.39 is 5.97 Å². The van der Waals surface area contributed by atoms with Crippen LogP contribution in [0.1, 0.15) is 22.6 Å². The Bertz CT molecular complexity index is 708. The van der Waals surface area contributed by atoms with Crippen LogP contribution in [0.2, 0.25) is 0 Å². The molecular formula is C17H20N2O4S. The smallest absolute Gasteiger partial charge is 0.316 e. The molecule has 0 radical (unpaired) electrons. The molecule has 0 bridgehead atoms. The van der Waals surface area contributed by atoms with Gasteiger partial charge < -0.3 is 14.6 Å². The number of hydrogen-bond donors (Lipinski definition) is 1. The van der Waals surface area contributed by atoms with Gasteiger partial charge in [-0.05, 0) is 32.4 Å². The molecule has 0 spiro atoms. The van der Waals surface area contributed by atoms with Crippen LogP contribution in [0.4, 0.5) is 5.69 Å². The van der Waals surface area contributed by atoms with Crippen molar-refractivity contribution in [2.75, 3.05) is 17.7 Å². The molecule has 6 nitrogen and oxygen atoms in total. The number of aryl methyl sites for hydroxylation is 3. The molecule has 0 saturated heterocycles. The Labute approximate surface area is 144 Å². The molecule has 1 heterocycles. The van der Waals surface area contributed by atoms with E-state index in [0.29, 0.717) is 11.4 Å². The van der Waals surface area contributed by atoms with Crippen molar-refractivity contribution in [3.05, 3.63) is 46.8 Å². The van der Waals surface area contributed by atoms with Gasteiger partial charge in [0.25, 0.3) is 5.91 Å². The molecule has 0 aliphatic rings. The van der Waals surface area contributed by atoms with Crippen LogP contribution < -0.4 is 5.32 Å². The van der Waals surface area contributed by atoms with Crippen LogP contribution in [0.15, 0.2) is 28.8 Å². The van der Waals surface area contributed by atoms with Crippen LogP contribution in [0.3, 0.4) is 0 Å². The first-order chi connectivity index (χ1) is 11.5. The number of aromatic nitrogens is 1. The number of rotatable bonds is 7. The number of carbonyl (C=O) groups is 2. The van der Waals surface area contributed by atoms with Crippen molar-refractivity contribution in [2.45, 2.75) is 26.5 Å². The number of nitrogens with one attached hydrogen (secondary N) is 1. The first-order valence-corrected chi connectivity index (χ1v) is 8.63. The molecule has 0 fully saturated rings. The average Bonchev–Trinajstić information content (AvgIpc) is 2.87. The first kappa shape index (κ1) is 18.1. The molecule has 7 heteroatoms. The molecule has 24 heavy (non-hydrogen) atoms. The van der Waals surface area contributed by atoms with Crippen molar-refractivity contribution in [3.63, 3.8) is 0 Å². The van der Waals surface area contributed by atoms with Crippen molar-refractivity contribution in [1.82, 2.24) is 5.16 Å². The molecule has 0 atom stereocenters. The molecule has 0 unspecified atom stereocenters. The van der Waals surface area contributed by atoms with E-state index in [4.69, 9.17) is 9.26 Å². The van der Waals surface area contributed by atoms with Gasteiger partial charge in [-0.2, -0.15) is 0 Å². The summed E-state index contributed by atoms with van der Waals surface area (Å²) >= 11 is 1.40. The van der Waals surface area contributed by atoms with Crippen molar-refractivity contribution in [2.24, 2.45) is 0 Å². The van der Waals surface area contributed by atoms with Gasteiger partial charge in [0.15, 0.2) is 6.61 Å². The zero-order chi connectivity index (χ0) is 17.5. The monoisotopic (exact) mass is 348 g/mol. The van der Waals surface area contributed by atoms with Gasteiger partial charge in [-0.25, -0.2) is 0 Å². The first-order valence-electron chi connectivity index (χ1n) is 7.48. The second-order valence-corrected chi connectivity index (χ2v) is 6.30. The number of anilines is 1. The average molecular weight is 348 g/mol. The molecule has 0 aliphatic carbocycles. The molecule has 0 aliphatic heterocycles. The van der Waals surface area contributed by atoms with Crippen molar-refractivity contribution in [1.29, 1.82) is 0 Å². The summed E-state index contributed by atoms with van der Waals surface area (Å²) in [5.74, 6) is 0.763. The molecule has 0 saturated carbocycles. The number of ether oxygens (including phenoxy) is 1. The number of thioether (sulfide) groups is 1. The van der Waals surface area contributed by atoms with E-state index in [2.05, 4.69) is 10.5 Å². The molecule has 1 amide bonds. The van der Waals surface area contributed by atoms with Crippen LogP contribution in [-0.2, 0) is 20.1 Å². The maximum Gasteiger partial charge on any atom is 0.316 e. The van der Waals surface area contributed by atoms with Gasteiger partial charge in [0.2, 0.25) is 0 Å². The predicted octanol–water partition coefficient (Wildman–Crippen LogP) is 3.01. The predicted molar refractivity (Wildman–Crippen MR) is 92.9 cm³/mol. The minimum atomic E-state index is -0.424. The van der Waals surface area contributed by atoms with Crippen molar-refractivity contribution in [3.8, 4) is 0 Å². The Morgan fingerprint density at radius 1 is 1.25 bits per heavy atom. The zero-order valence-electron chi connectivity index (χ0n) is 13.9. The Hall–Kier alpha value is -2.28. The lowest BCUT2D eigenvalue weighted by Gasteiger charge is -2.08. The second kappa shape index (κ2) is 8.54. The summed E-state index contributed by atoms with van der Waals surface area (Å²) in [6.45, 7) is 5.30. The molecule has 128 valence electrons. The fourth-order valence-corrected chi connectivity index (χ4v) is 3.00. The van der Waals surface area contributed by atoms with Gasteiger partial charge in [-0.3, -0.25) is 9.59 Å². The number of nitrogens with zero attached hydrogens (tertiary/aromatic N) is 1. The molecule has 1 aromatic carbocycles. The minimum Gasteiger partial charge on any atom is -0.455 e. The maximum absolute atomic E-state index is 11.8.